The highest BCUT2D eigenvalue weighted by Crippen LogP contribution is 2.07. The van der Waals surface area contributed by atoms with Gasteiger partial charge in [-0.2, -0.15) is 0 Å². The van der Waals surface area contributed by atoms with Gasteiger partial charge in [-0.3, -0.25) is 4.90 Å². The van der Waals surface area contributed by atoms with Crippen molar-refractivity contribution >= 4 is 0 Å². The zero-order chi connectivity index (χ0) is 13.4. The number of ether oxygens (including phenoxy) is 1. The Morgan fingerprint density at radius 2 is 1.61 bits per heavy atom. The SMILES string of the molecule is CCC(CC)OCCCN1CCN(C(C)C)CC1. The van der Waals surface area contributed by atoms with E-state index in [0.717, 1.165) is 19.4 Å². The van der Waals surface area contributed by atoms with E-state index in [1.807, 2.05) is 0 Å². The van der Waals surface area contributed by atoms with E-state index >= 15 is 0 Å². The Labute approximate surface area is 113 Å². The van der Waals surface area contributed by atoms with Gasteiger partial charge < -0.3 is 9.64 Å². The van der Waals surface area contributed by atoms with Crippen LogP contribution in [0.25, 0.3) is 0 Å². The molecule has 0 aromatic carbocycles. The highest BCUT2D eigenvalue weighted by atomic mass is 16.5. The van der Waals surface area contributed by atoms with Crippen LogP contribution in [0.15, 0.2) is 0 Å². The van der Waals surface area contributed by atoms with Crippen LogP contribution in [0.3, 0.4) is 0 Å². The molecule has 0 N–H and O–H groups in total. The summed E-state index contributed by atoms with van der Waals surface area (Å²) in [6.45, 7) is 16.0. The van der Waals surface area contributed by atoms with Gasteiger partial charge >= 0.3 is 0 Å². The standard InChI is InChI=1S/C15H32N2O/c1-5-15(6-2)18-13-7-8-16-9-11-17(12-10-16)14(3)4/h14-15H,5-13H2,1-4H3. The molecule has 3 heteroatoms. The number of piperazine rings is 1. The van der Waals surface area contributed by atoms with Crippen LogP contribution in [0.2, 0.25) is 0 Å². The minimum absolute atomic E-state index is 0.475. The molecule has 1 fully saturated rings. The molecule has 0 bridgehead atoms. The second-order valence-electron chi connectivity index (χ2n) is 5.63. The zero-order valence-corrected chi connectivity index (χ0v) is 12.8. The van der Waals surface area contributed by atoms with Gasteiger partial charge in [-0.15, -0.1) is 0 Å². The average molecular weight is 256 g/mol. The lowest BCUT2D eigenvalue weighted by atomic mass is 10.2. The predicted molar refractivity (Wildman–Crippen MR) is 78.1 cm³/mol. The van der Waals surface area contributed by atoms with Crippen molar-refractivity contribution in [3.05, 3.63) is 0 Å². The Morgan fingerprint density at radius 1 is 1.00 bits per heavy atom. The van der Waals surface area contributed by atoms with Gasteiger partial charge in [0, 0.05) is 45.4 Å². The van der Waals surface area contributed by atoms with Crippen molar-refractivity contribution in [1.29, 1.82) is 0 Å². The fraction of sp³-hybridized carbons (Fsp3) is 1.00. The molecule has 1 heterocycles. The molecule has 3 nitrogen and oxygen atoms in total. The Kier molecular flexibility index (Phi) is 7.87. The smallest absolute Gasteiger partial charge is 0.0569 e. The summed E-state index contributed by atoms with van der Waals surface area (Å²) in [6, 6.07) is 0.699. The molecule has 0 aromatic heterocycles. The van der Waals surface area contributed by atoms with Crippen molar-refractivity contribution in [3.8, 4) is 0 Å². The van der Waals surface area contributed by atoms with Gasteiger partial charge in [0.05, 0.1) is 6.10 Å². The Bertz CT molecular complexity index is 197. The van der Waals surface area contributed by atoms with E-state index in [2.05, 4.69) is 37.5 Å². The minimum atomic E-state index is 0.475. The van der Waals surface area contributed by atoms with Crippen molar-refractivity contribution in [1.82, 2.24) is 9.80 Å². The van der Waals surface area contributed by atoms with Crippen molar-refractivity contribution < 1.29 is 4.74 Å². The number of nitrogens with zero attached hydrogens (tertiary/aromatic N) is 2. The molecule has 0 radical (unpaired) electrons. The highest BCUT2D eigenvalue weighted by Gasteiger charge is 2.18. The number of hydrogen-bond acceptors (Lipinski definition) is 3. The summed E-state index contributed by atoms with van der Waals surface area (Å²) >= 11 is 0. The lowest BCUT2D eigenvalue weighted by Gasteiger charge is -2.36. The summed E-state index contributed by atoms with van der Waals surface area (Å²) in [5.41, 5.74) is 0. The first kappa shape index (κ1) is 15.9. The molecular formula is C15H32N2O. The van der Waals surface area contributed by atoms with Gasteiger partial charge in [0.1, 0.15) is 0 Å². The van der Waals surface area contributed by atoms with Crippen molar-refractivity contribution in [2.45, 2.75) is 59.1 Å². The van der Waals surface area contributed by atoms with E-state index in [0.29, 0.717) is 12.1 Å². The Balaban J connectivity index is 2.04. The predicted octanol–water partition coefficient (Wildman–Crippen LogP) is 2.61. The fourth-order valence-corrected chi connectivity index (χ4v) is 2.57. The summed E-state index contributed by atoms with van der Waals surface area (Å²) in [4.78, 5) is 5.15. The summed E-state index contributed by atoms with van der Waals surface area (Å²) in [6.07, 6.45) is 3.94. The number of hydrogen-bond donors (Lipinski definition) is 0. The van der Waals surface area contributed by atoms with Crippen LogP contribution in [0.1, 0.15) is 47.0 Å². The summed E-state index contributed by atoms with van der Waals surface area (Å²) in [5, 5.41) is 0. The molecule has 0 atom stereocenters. The Morgan fingerprint density at radius 3 is 2.11 bits per heavy atom. The molecule has 1 aliphatic heterocycles. The maximum Gasteiger partial charge on any atom is 0.0569 e. The summed E-state index contributed by atoms with van der Waals surface area (Å²) in [5.74, 6) is 0. The summed E-state index contributed by atoms with van der Waals surface area (Å²) < 4.78 is 5.85. The third-order valence-electron chi connectivity index (χ3n) is 4.02. The van der Waals surface area contributed by atoms with Gasteiger partial charge in [-0.25, -0.2) is 0 Å². The lowest BCUT2D eigenvalue weighted by molar-refractivity contribution is 0.0371. The van der Waals surface area contributed by atoms with Gasteiger partial charge in [0.2, 0.25) is 0 Å². The second kappa shape index (κ2) is 8.89. The molecule has 0 aromatic rings. The quantitative estimate of drug-likeness (QED) is 0.621. The number of rotatable bonds is 8. The van der Waals surface area contributed by atoms with Crippen LogP contribution in [-0.4, -0.2) is 61.3 Å². The molecule has 0 saturated carbocycles. The van der Waals surface area contributed by atoms with E-state index in [9.17, 15) is 0 Å². The average Bonchev–Trinajstić information content (AvgIpc) is 2.39. The molecule has 0 spiro atoms. The second-order valence-corrected chi connectivity index (χ2v) is 5.63. The normalized spacial score (nSPS) is 19.0. The molecule has 1 saturated heterocycles. The maximum absolute atomic E-state index is 5.85. The molecule has 18 heavy (non-hydrogen) atoms. The van der Waals surface area contributed by atoms with Gasteiger partial charge in [0.25, 0.3) is 0 Å². The Hall–Kier alpha value is -0.120. The molecule has 1 rings (SSSR count). The topological polar surface area (TPSA) is 15.7 Å². The van der Waals surface area contributed by atoms with Gasteiger partial charge in [-0.1, -0.05) is 13.8 Å². The zero-order valence-electron chi connectivity index (χ0n) is 12.8. The molecule has 0 amide bonds. The van der Waals surface area contributed by atoms with Crippen LogP contribution < -0.4 is 0 Å². The molecule has 0 aliphatic carbocycles. The van der Waals surface area contributed by atoms with Gasteiger partial charge in [0.15, 0.2) is 0 Å². The molecule has 108 valence electrons. The van der Waals surface area contributed by atoms with E-state index in [4.69, 9.17) is 4.74 Å². The third kappa shape index (κ3) is 5.68. The van der Waals surface area contributed by atoms with Crippen LogP contribution in [-0.2, 0) is 4.74 Å². The van der Waals surface area contributed by atoms with E-state index in [1.54, 1.807) is 0 Å². The third-order valence-corrected chi connectivity index (χ3v) is 4.02. The molecular weight excluding hydrogens is 224 g/mol. The molecule has 0 unspecified atom stereocenters. The van der Waals surface area contributed by atoms with Crippen LogP contribution in [0.5, 0.6) is 0 Å². The minimum Gasteiger partial charge on any atom is -0.378 e. The van der Waals surface area contributed by atoms with Crippen molar-refractivity contribution in [3.63, 3.8) is 0 Å². The van der Waals surface area contributed by atoms with Crippen molar-refractivity contribution in [2.24, 2.45) is 0 Å². The van der Waals surface area contributed by atoms with E-state index in [-0.39, 0.29) is 0 Å². The van der Waals surface area contributed by atoms with E-state index in [1.165, 1.54) is 39.1 Å². The highest BCUT2D eigenvalue weighted by molar-refractivity contribution is 4.74. The van der Waals surface area contributed by atoms with Crippen LogP contribution >= 0.6 is 0 Å². The first-order valence-corrected chi connectivity index (χ1v) is 7.75. The van der Waals surface area contributed by atoms with Crippen LogP contribution in [0.4, 0.5) is 0 Å². The summed E-state index contributed by atoms with van der Waals surface area (Å²) in [7, 11) is 0. The first-order valence-electron chi connectivity index (χ1n) is 7.75. The maximum atomic E-state index is 5.85. The first-order chi connectivity index (χ1) is 8.67. The fourth-order valence-electron chi connectivity index (χ4n) is 2.57. The largest absolute Gasteiger partial charge is 0.378 e. The van der Waals surface area contributed by atoms with E-state index < -0.39 is 0 Å². The lowest BCUT2D eigenvalue weighted by Crippen LogP contribution is -2.49. The van der Waals surface area contributed by atoms with Gasteiger partial charge in [-0.05, 0) is 33.1 Å². The van der Waals surface area contributed by atoms with Crippen molar-refractivity contribution in [2.75, 3.05) is 39.3 Å². The monoisotopic (exact) mass is 256 g/mol. The van der Waals surface area contributed by atoms with Crippen LogP contribution in [0, 0.1) is 0 Å². The molecule has 1 aliphatic rings.